The van der Waals surface area contributed by atoms with Crippen LogP contribution in [0.2, 0.25) is 0 Å². The monoisotopic (exact) mass is 307 g/mol. The van der Waals surface area contributed by atoms with Crippen molar-refractivity contribution in [2.24, 2.45) is 0 Å². The second-order valence-electron chi connectivity index (χ2n) is 4.19. The van der Waals surface area contributed by atoms with Crippen LogP contribution in [0.1, 0.15) is 17.0 Å². The van der Waals surface area contributed by atoms with Crippen molar-refractivity contribution in [1.29, 1.82) is 0 Å². The summed E-state index contributed by atoms with van der Waals surface area (Å²) in [6, 6.07) is 4.53. The van der Waals surface area contributed by atoms with Gasteiger partial charge in [0.2, 0.25) is 0 Å². The third kappa shape index (κ3) is 3.59. The van der Waals surface area contributed by atoms with Crippen molar-refractivity contribution in [2.75, 3.05) is 11.3 Å². The van der Waals surface area contributed by atoms with Gasteiger partial charge in [0.05, 0.1) is 4.90 Å². The molecule has 21 heavy (non-hydrogen) atoms. The third-order valence-electron chi connectivity index (χ3n) is 2.54. The first kappa shape index (κ1) is 15.0. The van der Waals surface area contributed by atoms with E-state index in [1.807, 2.05) is 0 Å². The maximum absolute atomic E-state index is 12.3. The Bertz CT molecular complexity index is 815. The molecule has 0 radical (unpaired) electrons. The van der Waals surface area contributed by atoms with Gasteiger partial charge in [-0.15, -0.1) is 0 Å². The van der Waals surface area contributed by atoms with Crippen molar-refractivity contribution < 1.29 is 18.0 Å². The van der Waals surface area contributed by atoms with Crippen LogP contribution in [0.3, 0.4) is 0 Å². The van der Waals surface area contributed by atoms with E-state index in [2.05, 4.69) is 26.7 Å². The van der Waals surface area contributed by atoms with Gasteiger partial charge in [-0.2, -0.15) is 4.98 Å². The minimum Gasteiger partial charge on any atom is -0.384 e. The second kappa shape index (κ2) is 5.95. The van der Waals surface area contributed by atoms with Crippen LogP contribution in [0.25, 0.3) is 0 Å². The quantitative estimate of drug-likeness (QED) is 0.814. The molecule has 1 aromatic heterocycles. The molecule has 0 fully saturated rings. The van der Waals surface area contributed by atoms with Crippen LogP contribution in [-0.4, -0.2) is 30.3 Å². The van der Waals surface area contributed by atoms with E-state index in [0.717, 1.165) is 0 Å². The number of aliphatic hydroxyl groups is 1. The lowest BCUT2D eigenvalue weighted by atomic mass is 10.1. The van der Waals surface area contributed by atoms with E-state index in [1.165, 1.54) is 6.07 Å². The fourth-order valence-corrected chi connectivity index (χ4v) is 2.81. The average molecular weight is 307 g/mol. The SMILES string of the molecule is Cc1noc(NS(=O)(=O)c2cc(C#CCO)ccc2C)n1. The molecule has 0 atom stereocenters. The summed E-state index contributed by atoms with van der Waals surface area (Å²) in [4.78, 5) is 3.85. The number of nitrogens with zero attached hydrogens (tertiary/aromatic N) is 2. The van der Waals surface area contributed by atoms with Crippen LogP contribution in [0.4, 0.5) is 6.01 Å². The van der Waals surface area contributed by atoms with Crippen LogP contribution in [0, 0.1) is 25.7 Å². The number of rotatable bonds is 3. The number of aryl methyl sites for hydroxylation is 2. The molecule has 0 saturated heterocycles. The first-order chi connectivity index (χ1) is 9.92. The number of aromatic nitrogens is 2. The summed E-state index contributed by atoms with van der Waals surface area (Å²) >= 11 is 0. The number of nitrogens with one attached hydrogen (secondary N) is 1. The number of hydrogen-bond donors (Lipinski definition) is 2. The highest BCUT2D eigenvalue weighted by Gasteiger charge is 2.20. The Labute approximate surface area is 122 Å². The van der Waals surface area contributed by atoms with Crippen molar-refractivity contribution in [1.82, 2.24) is 10.1 Å². The summed E-state index contributed by atoms with van der Waals surface area (Å²) in [6.07, 6.45) is 0. The lowest BCUT2D eigenvalue weighted by Crippen LogP contribution is -2.14. The van der Waals surface area contributed by atoms with Gasteiger partial charge in [-0.1, -0.05) is 23.1 Å². The molecule has 0 aliphatic heterocycles. The van der Waals surface area contributed by atoms with Crippen molar-refractivity contribution >= 4 is 16.0 Å². The minimum atomic E-state index is -3.85. The average Bonchev–Trinajstić information content (AvgIpc) is 2.82. The summed E-state index contributed by atoms with van der Waals surface area (Å²) in [7, 11) is -3.85. The van der Waals surface area contributed by atoms with E-state index < -0.39 is 10.0 Å². The lowest BCUT2D eigenvalue weighted by Gasteiger charge is -2.07. The van der Waals surface area contributed by atoms with E-state index in [-0.39, 0.29) is 17.5 Å². The van der Waals surface area contributed by atoms with Gasteiger partial charge in [-0.3, -0.25) is 0 Å². The molecule has 110 valence electrons. The molecule has 0 aliphatic rings. The van der Waals surface area contributed by atoms with Crippen LogP contribution in [-0.2, 0) is 10.0 Å². The zero-order chi connectivity index (χ0) is 15.5. The van der Waals surface area contributed by atoms with Crippen molar-refractivity contribution in [3.63, 3.8) is 0 Å². The Balaban J connectivity index is 2.39. The molecule has 0 bridgehead atoms. The standard InChI is InChI=1S/C13H13N3O4S/c1-9-5-6-11(4-3-7-17)8-12(9)21(18,19)16-13-14-10(2)15-20-13/h5-6,8,17H,7H2,1-2H3,(H,14,15,16). The fraction of sp³-hybridized carbons (Fsp3) is 0.231. The van der Waals surface area contributed by atoms with Gasteiger partial charge in [0, 0.05) is 5.56 Å². The molecule has 0 unspecified atom stereocenters. The molecule has 0 amide bonds. The number of benzene rings is 1. The van der Waals surface area contributed by atoms with E-state index in [9.17, 15) is 8.42 Å². The van der Waals surface area contributed by atoms with Gasteiger partial charge in [-0.05, 0) is 31.5 Å². The molecule has 2 aromatic rings. The van der Waals surface area contributed by atoms with Crippen molar-refractivity contribution in [3.05, 3.63) is 35.2 Å². The molecule has 0 saturated carbocycles. The van der Waals surface area contributed by atoms with Gasteiger partial charge < -0.3 is 9.63 Å². The topological polar surface area (TPSA) is 105 Å². The molecular formula is C13H13N3O4S. The zero-order valence-electron chi connectivity index (χ0n) is 11.4. The van der Waals surface area contributed by atoms with Gasteiger partial charge in [0.25, 0.3) is 10.0 Å². The zero-order valence-corrected chi connectivity index (χ0v) is 12.2. The Morgan fingerprint density at radius 3 is 2.76 bits per heavy atom. The number of sulfonamides is 1. The van der Waals surface area contributed by atoms with E-state index >= 15 is 0 Å². The lowest BCUT2D eigenvalue weighted by molar-refractivity contribution is 0.350. The predicted molar refractivity (Wildman–Crippen MR) is 75.0 cm³/mol. The summed E-state index contributed by atoms with van der Waals surface area (Å²) in [6.45, 7) is 2.95. The Kier molecular flexibility index (Phi) is 4.26. The number of anilines is 1. The predicted octanol–water partition coefficient (Wildman–Crippen LogP) is 0.831. The van der Waals surface area contributed by atoms with Crippen LogP contribution in [0.15, 0.2) is 27.6 Å². The maximum Gasteiger partial charge on any atom is 0.335 e. The molecule has 2 rings (SSSR count). The van der Waals surface area contributed by atoms with Gasteiger partial charge >= 0.3 is 6.01 Å². The molecular weight excluding hydrogens is 294 g/mol. The largest absolute Gasteiger partial charge is 0.384 e. The van der Waals surface area contributed by atoms with E-state index in [1.54, 1.807) is 26.0 Å². The maximum atomic E-state index is 12.3. The fourth-order valence-electron chi connectivity index (χ4n) is 1.62. The van der Waals surface area contributed by atoms with Crippen LogP contribution >= 0.6 is 0 Å². The van der Waals surface area contributed by atoms with Crippen LogP contribution < -0.4 is 4.72 Å². The first-order valence-corrected chi connectivity index (χ1v) is 7.44. The molecule has 0 aliphatic carbocycles. The highest BCUT2D eigenvalue weighted by molar-refractivity contribution is 7.92. The van der Waals surface area contributed by atoms with Crippen LogP contribution in [0.5, 0.6) is 0 Å². The molecule has 2 N–H and O–H groups in total. The number of aliphatic hydroxyl groups excluding tert-OH is 1. The first-order valence-electron chi connectivity index (χ1n) is 5.96. The second-order valence-corrected chi connectivity index (χ2v) is 5.84. The molecule has 8 heteroatoms. The summed E-state index contributed by atoms with van der Waals surface area (Å²) in [5.74, 6) is 5.45. The Hall–Kier alpha value is -2.37. The molecule has 0 spiro atoms. The van der Waals surface area contributed by atoms with Gasteiger partial charge in [0.15, 0.2) is 5.82 Å². The Morgan fingerprint density at radius 2 is 2.14 bits per heavy atom. The molecule has 1 heterocycles. The summed E-state index contributed by atoms with van der Waals surface area (Å²) < 4.78 is 31.6. The third-order valence-corrected chi connectivity index (χ3v) is 4.00. The van der Waals surface area contributed by atoms with Gasteiger partial charge in [-0.25, -0.2) is 13.1 Å². The Morgan fingerprint density at radius 1 is 1.38 bits per heavy atom. The van der Waals surface area contributed by atoms with E-state index in [0.29, 0.717) is 17.0 Å². The van der Waals surface area contributed by atoms with Crippen molar-refractivity contribution in [3.8, 4) is 11.8 Å². The highest BCUT2D eigenvalue weighted by atomic mass is 32.2. The molecule has 1 aromatic carbocycles. The van der Waals surface area contributed by atoms with Crippen molar-refractivity contribution in [2.45, 2.75) is 18.7 Å². The normalized spacial score (nSPS) is 10.8. The highest BCUT2D eigenvalue weighted by Crippen LogP contribution is 2.19. The molecule has 7 nitrogen and oxygen atoms in total. The van der Waals surface area contributed by atoms with Gasteiger partial charge in [0.1, 0.15) is 6.61 Å². The van der Waals surface area contributed by atoms with E-state index in [4.69, 9.17) is 9.63 Å². The summed E-state index contributed by atoms with van der Waals surface area (Å²) in [5.41, 5.74) is 1.03. The smallest absolute Gasteiger partial charge is 0.335 e. The number of hydrogen-bond acceptors (Lipinski definition) is 6. The minimum absolute atomic E-state index is 0.0584. The summed E-state index contributed by atoms with van der Waals surface area (Å²) in [5, 5.41) is 12.2.